The number of piperazine rings is 1. The summed E-state index contributed by atoms with van der Waals surface area (Å²) in [5.74, 6) is 2.51. The molecule has 320 valence electrons. The van der Waals surface area contributed by atoms with Crippen molar-refractivity contribution in [2.75, 3.05) is 51.6 Å². The third kappa shape index (κ3) is 7.19. The van der Waals surface area contributed by atoms with E-state index in [1.807, 2.05) is 4.90 Å². The Morgan fingerprint density at radius 2 is 1.70 bits per heavy atom. The van der Waals surface area contributed by atoms with Crippen LogP contribution in [0, 0.1) is 23.1 Å². The zero-order valence-electron chi connectivity index (χ0n) is 35.4. The van der Waals surface area contributed by atoms with Gasteiger partial charge in [0.25, 0.3) is 0 Å². The summed E-state index contributed by atoms with van der Waals surface area (Å²) >= 11 is 0. The normalized spacial score (nSPS) is 23.0. The number of anilines is 1. The minimum Gasteiger partial charge on any atom is -0.468 e. The number of carbonyl (C=O) groups is 1. The predicted molar refractivity (Wildman–Crippen MR) is 226 cm³/mol. The number of nitrogens with zero attached hydrogens (tertiary/aromatic N) is 7. The second-order valence-corrected chi connectivity index (χ2v) is 23.5. The predicted octanol–water partition coefficient (Wildman–Crippen LogP) is 8.36. The van der Waals surface area contributed by atoms with E-state index in [0.717, 1.165) is 19.4 Å². The highest BCUT2D eigenvalue weighted by Gasteiger charge is 2.50. The highest BCUT2D eigenvalue weighted by Crippen LogP contribution is 2.44. The number of amides is 1. The molecule has 0 radical (unpaired) electrons. The van der Waals surface area contributed by atoms with Crippen LogP contribution < -0.4 is 14.4 Å². The molecule has 2 aromatic heterocycles. The monoisotopic (exact) mass is 845 g/mol. The van der Waals surface area contributed by atoms with E-state index in [-0.39, 0.29) is 81.8 Å². The summed E-state index contributed by atoms with van der Waals surface area (Å²) in [4.78, 5) is 27.1. The Balaban J connectivity index is 1.31. The molecule has 4 aliphatic heterocycles. The van der Waals surface area contributed by atoms with Gasteiger partial charge in [-0.25, -0.2) is 18.0 Å². The third-order valence-electron chi connectivity index (χ3n) is 13.7. The number of alkyl halides is 1. The number of fused-ring (bicyclic) bond motifs is 5. The standard InChI is InChI=1S/C44H54F3N7O5Si/c1-25(2)60(26(3)4,27(5)6)16-13-33-35(46)12-9-28-17-32(59-24-57-7)18-34(36(28)33)38-37(47)39-40(51-50-38)41(52-21-30-10-11-31(22-52)54(30)43(55)56)49-42(48-39)58-23-44-14-8-15-53(44)20-29(45)19-44/h9,12,17-18,25-27,29-31H,8,10-11,14-15,19-24H2,1-7H3,(H,55,56)/t29-,30?,31?,44+/m1/s1. The minimum atomic E-state index is -2.33. The molecule has 0 spiro atoms. The lowest BCUT2D eigenvalue weighted by Gasteiger charge is -2.40. The molecule has 4 saturated heterocycles. The van der Waals surface area contributed by atoms with Gasteiger partial charge < -0.3 is 24.2 Å². The number of carboxylic acid groups (broad SMARTS) is 1. The number of aromatic nitrogens is 4. The van der Waals surface area contributed by atoms with Crippen molar-refractivity contribution in [3.05, 3.63) is 41.5 Å². The van der Waals surface area contributed by atoms with Gasteiger partial charge in [-0.15, -0.1) is 15.7 Å². The Bertz CT molecular complexity index is 2340. The maximum Gasteiger partial charge on any atom is 0.407 e. The first-order valence-corrected chi connectivity index (χ1v) is 23.3. The van der Waals surface area contributed by atoms with E-state index in [1.165, 1.54) is 18.1 Å². The molecule has 4 aliphatic rings. The van der Waals surface area contributed by atoms with Crippen molar-refractivity contribution in [2.24, 2.45) is 0 Å². The van der Waals surface area contributed by atoms with Crippen molar-refractivity contribution >= 4 is 41.8 Å². The lowest BCUT2D eigenvalue weighted by molar-refractivity contribution is 0.0512. The van der Waals surface area contributed by atoms with Crippen LogP contribution in [0.2, 0.25) is 16.6 Å². The minimum absolute atomic E-state index is 0.0704. The van der Waals surface area contributed by atoms with Gasteiger partial charge in [-0.1, -0.05) is 53.5 Å². The number of rotatable bonds is 11. The number of ether oxygens (including phenoxy) is 3. The van der Waals surface area contributed by atoms with Crippen molar-refractivity contribution in [2.45, 2.75) is 114 Å². The largest absolute Gasteiger partial charge is 0.468 e. The fraction of sp³-hybridized carbons (Fsp3) is 0.568. The van der Waals surface area contributed by atoms with Crippen LogP contribution in [-0.2, 0) is 4.74 Å². The number of hydrogen-bond donors (Lipinski definition) is 1. The average molecular weight is 846 g/mol. The zero-order chi connectivity index (χ0) is 42.7. The Hall–Kier alpha value is -4.72. The number of benzene rings is 2. The topological polar surface area (TPSA) is 126 Å². The summed E-state index contributed by atoms with van der Waals surface area (Å²) in [6, 6.07) is 5.60. The van der Waals surface area contributed by atoms with Crippen LogP contribution >= 0.6 is 0 Å². The van der Waals surface area contributed by atoms with Crippen LogP contribution in [0.3, 0.4) is 0 Å². The second kappa shape index (κ2) is 16.3. The number of methoxy groups -OCH3 is 1. The van der Waals surface area contributed by atoms with Crippen LogP contribution in [0.15, 0.2) is 24.3 Å². The van der Waals surface area contributed by atoms with Crippen LogP contribution in [0.25, 0.3) is 33.1 Å². The van der Waals surface area contributed by atoms with Gasteiger partial charge in [0.2, 0.25) is 0 Å². The smallest absolute Gasteiger partial charge is 0.407 e. The van der Waals surface area contributed by atoms with Crippen molar-refractivity contribution in [1.82, 2.24) is 30.0 Å². The van der Waals surface area contributed by atoms with Gasteiger partial charge in [-0.3, -0.25) is 9.80 Å². The van der Waals surface area contributed by atoms with Crippen LogP contribution in [0.4, 0.5) is 23.8 Å². The highest BCUT2D eigenvalue weighted by atomic mass is 28.3. The van der Waals surface area contributed by atoms with E-state index in [2.05, 4.69) is 73.1 Å². The van der Waals surface area contributed by atoms with Gasteiger partial charge in [0, 0.05) is 44.1 Å². The van der Waals surface area contributed by atoms with Crippen molar-refractivity contribution in [1.29, 1.82) is 0 Å². The molecule has 4 fully saturated rings. The summed E-state index contributed by atoms with van der Waals surface area (Å²) in [7, 11) is -0.845. The summed E-state index contributed by atoms with van der Waals surface area (Å²) in [5.41, 5.74) is 4.02. The maximum absolute atomic E-state index is 17.7. The number of halogens is 3. The van der Waals surface area contributed by atoms with Gasteiger partial charge >= 0.3 is 12.1 Å². The first kappa shape index (κ1) is 42.0. The lowest BCUT2D eigenvalue weighted by Crippen LogP contribution is -2.55. The second-order valence-electron chi connectivity index (χ2n) is 17.9. The van der Waals surface area contributed by atoms with Crippen LogP contribution in [0.1, 0.15) is 79.2 Å². The molecule has 16 heteroatoms. The van der Waals surface area contributed by atoms with E-state index in [9.17, 15) is 14.3 Å². The Morgan fingerprint density at radius 3 is 2.37 bits per heavy atom. The Labute approximate surface area is 349 Å². The molecule has 1 N–H and O–H groups in total. The molecule has 4 atom stereocenters. The van der Waals surface area contributed by atoms with Gasteiger partial charge in [-0.05, 0) is 72.4 Å². The Kier molecular flexibility index (Phi) is 11.4. The molecule has 2 aromatic carbocycles. The summed E-state index contributed by atoms with van der Waals surface area (Å²) < 4.78 is 66.1. The van der Waals surface area contributed by atoms with Gasteiger partial charge in [0.15, 0.2) is 23.9 Å². The summed E-state index contributed by atoms with van der Waals surface area (Å²) in [5, 5.41) is 19.9. The lowest BCUT2D eigenvalue weighted by atomic mass is 9.95. The highest BCUT2D eigenvalue weighted by molar-refractivity contribution is 6.90. The molecule has 4 aromatic rings. The van der Waals surface area contributed by atoms with Crippen LogP contribution in [0.5, 0.6) is 11.8 Å². The molecule has 2 bridgehead atoms. The maximum atomic E-state index is 17.7. The summed E-state index contributed by atoms with van der Waals surface area (Å²) in [6.45, 7) is 14.8. The quantitative estimate of drug-likeness (QED) is 0.0890. The van der Waals surface area contributed by atoms with Crippen molar-refractivity contribution < 1.29 is 37.3 Å². The molecule has 2 unspecified atom stereocenters. The average Bonchev–Trinajstić information content (AvgIpc) is 3.83. The van der Waals surface area contributed by atoms with Gasteiger partial charge in [-0.2, -0.15) is 9.97 Å². The first-order valence-electron chi connectivity index (χ1n) is 21.1. The van der Waals surface area contributed by atoms with E-state index < -0.39 is 37.5 Å². The first-order chi connectivity index (χ1) is 28.7. The molecule has 6 heterocycles. The SMILES string of the molecule is COCOc1cc(-c2nnc3c(N4CC5CCC(C4)N5C(=O)O)nc(OC[C@@]45CCCN4C[C@H](F)C5)nc3c2F)c2c(C#C[Si](C(C)C)(C(C)C)C(C)C)c(F)ccc2c1. The molecule has 0 saturated carbocycles. The molecular weight excluding hydrogens is 792 g/mol. The fourth-order valence-corrected chi connectivity index (χ4v) is 16.2. The molecular formula is C44H54F3N7O5Si. The van der Waals surface area contributed by atoms with E-state index in [4.69, 9.17) is 19.2 Å². The fourth-order valence-electron chi connectivity index (χ4n) is 11.0. The zero-order valence-corrected chi connectivity index (χ0v) is 36.4. The Morgan fingerprint density at radius 1 is 0.983 bits per heavy atom. The molecule has 0 aliphatic carbocycles. The van der Waals surface area contributed by atoms with Gasteiger partial charge in [0.05, 0.1) is 23.2 Å². The van der Waals surface area contributed by atoms with E-state index in [1.54, 1.807) is 18.2 Å². The molecule has 8 rings (SSSR count). The van der Waals surface area contributed by atoms with Crippen molar-refractivity contribution in [3.8, 4) is 34.5 Å². The van der Waals surface area contributed by atoms with E-state index >= 15 is 8.78 Å². The summed E-state index contributed by atoms with van der Waals surface area (Å²) in [6.07, 6.45) is 1.39. The van der Waals surface area contributed by atoms with Gasteiger partial charge in [0.1, 0.15) is 43.6 Å². The molecule has 1 amide bonds. The van der Waals surface area contributed by atoms with Crippen molar-refractivity contribution in [3.63, 3.8) is 0 Å². The molecule has 60 heavy (non-hydrogen) atoms. The van der Waals surface area contributed by atoms with Crippen LogP contribution in [-0.4, -0.2) is 120 Å². The molecule has 12 nitrogen and oxygen atoms in total. The van der Waals surface area contributed by atoms with E-state index in [0.29, 0.717) is 55.4 Å². The number of hydrogen-bond acceptors (Lipinski definition) is 10. The third-order valence-corrected chi connectivity index (χ3v) is 19.9.